The number of carboxylic acid groups (broad SMARTS) is 1. The molecule has 2 aliphatic rings. The smallest absolute Gasteiger partial charge is 0.321 e. The third kappa shape index (κ3) is 2.66. The van der Waals surface area contributed by atoms with Gasteiger partial charge in [-0.05, 0) is 43.2 Å². The number of phenolic OH excluding ortho intramolecular Hbond substituents is 1. The predicted octanol–water partition coefficient (Wildman–Crippen LogP) is 1.91. The highest BCUT2D eigenvalue weighted by molar-refractivity contribution is 6.23. The summed E-state index contributed by atoms with van der Waals surface area (Å²) in [5, 5.41) is 22.7. The minimum Gasteiger partial charge on any atom is -0.508 e. The number of benzene rings is 2. The van der Waals surface area contributed by atoms with E-state index in [1.54, 1.807) is 30.3 Å². The first-order chi connectivity index (χ1) is 13.3. The van der Waals surface area contributed by atoms with E-state index in [0.717, 1.165) is 16.0 Å². The number of hydrogen-bond donors (Lipinski definition) is 3. The maximum atomic E-state index is 13.3. The van der Waals surface area contributed by atoms with Crippen molar-refractivity contribution in [3.63, 3.8) is 0 Å². The van der Waals surface area contributed by atoms with E-state index in [9.17, 15) is 24.6 Å². The Labute approximate surface area is 161 Å². The van der Waals surface area contributed by atoms with Gasteiger partial charge in [0.2, 0.25) is 11.8 Å². The Morgan fingerprint density at radius 1 is 1.00 bits per heavy atom. The van der Waals surface area contributed by atoms with E-state index in [4.69, 9.17) is 0 Å². The van der Waals surface area contributed by atoms with Gasteiger partial charge in [-0.1, -0.05) is 24.3 Å². The van der Waals surface area contributed by atoms with Crippen molar-refractivity contribution in [3.05, 3.63) is 59.2 Å². The zero-order chi connectivity index (χ0) is 20.2. The van der Waals surface area contributed by atoms with Crippen LogP contribution >= 0.6 is 0 Å². The van der Waals surface area contributed by atoms with E-state index < -0.39 is 41.7 Å². The number of aromatic hydroxyl groups is 1. The van der Waals surface area contributed by atoms with Crippen LogP contribution in [0.3, 0.4) is 0 Å². The Hall–Kier alpha value is -3.19. The van der Waals surface area contributed by atoms with Gasteiger partial charge in [-0.25, -0.2) is 4.90 Å². The molecule has 7 heteroatoms. The third-order valence-electron chi connectivity index (χ3n) is 5.48. The summed E-state index contributed by atoms with van der Waals surface area (Å²) in [5.74, 6) is -4.16. The number of carboxylic acids is 1. The van der Waals surface area contributed by atoms with E-state index in [2.05, 4.69) is 5.32 Å². The molecule has 2 heterocycles. The number of aryl methyl sites for hydroxylation is 2. The standard InChI is InChI=1S/C21H20N2O5/c1-10-7-11(2)9-12(8-10)23-19(25)15-16(20(23)26)18(21(27)28)22-17(15)13-5-3-4-6-14(13)24/h3-9,15-18,22,24H,1-2H3,(H,27,28)/t15-,16-,17-,18+/m0/s1. The summed E-state index contributed by atoms with van der Waals surface area (Å²) in [5.41, 5.74) is 2.65. The van der Waals surface area contributed by atoms with Crippen molar-refractivity contribution in [2.75, 3.05) is 4.90 Å². The molecular formula is C21H20N2O5. The third-order valence-corrected chi connectivity index (χ3v) is 5.48. The monoisotopic (exact) mass is 380 g/mol. The van der Waals surface area contributed by atoms with E-state index in [1.165, 1.54) is 6.07 Å². The number of para-hydroxylation sites is 1. The van der Waals surface area contributed by atoms with E-state index in [-0.39, 0.29) is 5.75 Å². The molecule has 0 bridgehead atoms. The molecule has 0 aliphatic carbocycles. The molecule has 144 valence electrons. The number of amides is 2. The number of fused-ring (bicyclic) bond motifs is 1. The number of nitrogens with one attached hydrogen (secondary N) is 1. The SMILES string of the molecule is Cc1cc(C)cc(N2C(=O)[C@H]3[C@H](C2=O)[C@H](c2ccccc2O)N[C@H]3C(=O)O)c1. The van der Waals surface area contributed by atoms with Crippen LogP contribution in [-0.4, -0.2) is 34.0 Å². The summed E-state index contributed by atoms with van der Waals surface area (Å²) in [4.78, 5) is 39.3. The first kappa shape index (κ1) is 18.2. The van der Waals surface area contributed by atoms with Gasteiger partial charge >= 0.3 is 5.97 Å². The van der Waals surface area contributed by atoms with Gasteiger partial charge in [-0.2, -0.15) is 0 Å². The maximum absolute atomic E-state index is 13.3. The Bertz CT molecular complexity index is 982. The summed E-state index contributed by atoms with van der Waals surface area (Å²) >= 11 is 0. The van der Waals surface area contributed by atoms with Crippen LogP contribution in [0.5, 0.6) is 5.75 Å². The predicted molar refractivity (Wildman–Crippen MR) is 101 cm³/mol. The number of hydrogen-bond acceptors (Lipinski definition) is 5. The zero-order valence-electron chi connectivity index (χ0n) is 15.4. The van der Waals surface area contributed by atoms with E-state index >= 15 is 0 Å². The number of nitrogens with zero attached hydrogens (tertiary/aromatic N) is 1. The lowest BCUT2D eigenvalue weighted by Crippen LogP contribution is -2.43. The average Bonchev–Trinajstić information content (AvgIpc) is 3.12. The molecule has 28 heavy (non-hydrogen) atoms. The molecule has 0 spiro atoms. The second-order valence-corrected chi connectivity index (χ2v) is 7.43. The second-order valence-electron chi connectivity index (χ2n) is 7.43. The van der Waals surface area contributed by atoms with E-state index in [0.29, 0.717) is 11.3 Å². The molecule has 2 aromatic rings. The molecule has 2 amide bonds. The first-order valence-electron chi connectivity index (χ1n) is 9.02. The van der Waals surface area contributed by atoms with Gasteiger partial charge in [-0.15, -0.1) is 0 Å². The van der Waals surface area contributed by atoms with Crippen molar-refractivity contribution in [3.8, 4) is 5.75 Å². The molecule has 2 aromatic carbocycles. The lowest BCUT2D eigenvalue weighted by atomic mass is 9.86. The van der Waals surface area contributed by atoms with Crippen molar-refractivity contribution in [2.24, 2.45) is 11.8 Å². The van der Waals surface area contributed by atoms with Crippen LogP contribution in [0.4, 0.5) is 5.69 Å². The zero-order valence-corrected chi connectivity index (χ0v) is 15.4. The van der Waals surface area contributed by atoms with Crippen LogP contribution in [0, 0.1) is 25.7 Å². The summed E-state index contributed by atoms with van der Waals surface area (Å²) < 4.78 is 0. The van der Waals surface area contributed by atoms with Crippen LogP contribution in [-0.2, 0) is 14.4 Å². The minimum atomic E-state index is -1.21. The largest absolute Gasteiger partial charge is 0.508 e. The summed E-state index contributed by atoms with van der Waals surface area (Å²) in [6, 6.07) is 9.88. The summed E-state index contributed by atoms with van der Waals surface area (Å²) in [6.45, 7) is 3.74. The van der Waals surface area contributed by atoms with Crippen molar-refractivity contribution in [1.82, 2.24) is 5.32 Å². The molecule has 4 rings (SSSR count). The van der Waals surface area contributed by atoms with Gasteiger partial charge in [0.1, 0.15) is 11.8 Å². The highest BCUT2D eigenvalue weighted by atomic mass is 16.4. The molecule has 3 N–H and O–H groups in total. The fraction of sp³-hybridized carbons (Fsp3) is 0.286. The number of anilines is 1. The highest BCUT2D eigenvalue weighted by Crippen LogP contribution is 2.47. The fourth-order valence-corrected chi connectivity index (χ4v) is 4.41. The number of aliphatic carboxylic acids is 1. The summed E-state index contributed by atoms with van der Waals surface area (Å²) in [7, 11) is 0. The van der Waals surface area contributed by atoms with Crippen LogP contribution in [0.1, 0.15) is 22.7 Å². The van der Waals surface area contributed by atoms with Crippen molar-refractivity contribution < 1.29 is 24.6 Å². The molecule has 2 saturated heterocycles. The van der Waals surface area contributed by atoms with Crippen LogP contribution in [0.25, 0.3) is 0 Å². The number of phenols is 1. The molecule has 0 unspecified atom stereocenters. The molecule has 2 aliphatic heterocycles. The fourth-order valence-electron chi connectivity index (χ4n) is 4.41. The van der Waals surface area contributed by atoms with Gasteiger partial charge in [0.05, 0.1) is 17.5 Å². The lowest BCUT2D eigenvalue weighted by molar-refractivity contribution is -0.142. The molecule has 0 aromatic heterocycles. The number of carbonyl (C=O) groups is 3. The van der Waals surface area contributed by atoms with Gasteiger partial charge < -0.3 is 10.2 Å². The quantitative estimate of drug-likeness (QED) is 0.703. The van der Waals surface area contributed by atoms with Crippen molar-refractivity contribution in [1.29, 1.82) is 0 Å². The Kier molecular flexibility index (Phi) is 4.19. The van der Waals surface area contributed by atoms with Crippen LogP contribution < -0.4 is 10.2 Å². The molecular weight excluding hydrogens is 360 g/mol. The lowest BCUT2D eigenvalue weighted by Gasteiger charge is -2.22. The van der Waals surface area contributed by atoms with Gasteiger partial charge in [0.15, 0.2) is 0 Å². The molecule has 4 atom stereocenters. The normalized spacial score (nSPS) is 26.6. The number of carbonyl (C=O) groups excluding carboxylic acids is 2. The molecule has 7 nitrogen and oxygen atoms in total. The van der Waals surface area contributed by atoms with Crippen LogP contribution in [0.15, 0.2) is 42.5 Å². The molecule has 2 fully saturated rings. The Morgan fingerprint density at radius 3 is 2.21 bits per heavy atom. The second kappa shape index (κ2) is 6.45. The topological polar surface area (TPSA) is 107 Å². The van der Waals surface area contributed by atoms with Crippen molar-refractivity contribution >= 4 is 23.5 Å². The van der Waals surface area contributed by atoms with E-state index in [1.807, 2.05) is 19.9 Å². The maximum Gasteiger partial charge on any atom is 0.321 e. The van der Waals surface area contributed by atoms with Gasteiger partial charge in [0.25, 0.3) is 0 Å². The Morgan fingerprint density at radius 2 is 1.61 bits per heavy atom. The van der Waals surface area contributed by atoms with Gasteiger partial charge in [0, 0.05) is 11.6 Å². The minimum absolute atomic E-state index is 0.0464. The van der Waals surface area contributed by atoms with Crippen LogP contribution in [0.2, 0.25) is 0 Å². The van der Waals surface area contributed by atoms with Gasteiger partial charge in [-0.3, -0.25) is 19.7 Å². The highest BCUT2D eigenvalue weighted by Gasteiger charge is 2.61. The first-order valence-corrected chi connectivity index (χ1v) is 9.02. The average molecular weight is 380 g/mol. The molecule has 0 saturated carbocycles. The summed E-state index contributed by atoms with van der Waals surface area (Å²) in [6.07, 6.45) is 0. The molecule has 0 radical (unpaired) electrons. The Balaban J connectivity index is 1.81. The number of imide groups is 1. The number of rotatable bonds is 3. The van der Waals surface area contributed by atoms with Crippen molar-refractivity contribution in [2.45, 2.75) is 25.9 Å².